The molecule has 0 aromatic carbocycles. The quantitative estimate of drug-likeness (QED) is 0.544. The van der Waals surface area contributed by atoms with E-state index in [4.69, 9.17) is 5.26 Å². The molecule has 0 bridgehead atoms. The van der Waals surface area contributed by atoms with E-state index in [0.29, 0.717) is 0 Å². The van der Waals surface area contributed by atoms with Crippen LogP contribution in [0.25, 0.3) is 0 Å². The van der Waals surface area contributed by atoms with E-state index in [1.807, 2.05) is 19.9 Å². The molecule has 0 radical (unpaired) electrons. The Morgan fingerprint density at radius 1 is 1.25 bits per heavy atom. The monoisotopic (exact) mass is 225 g/mol. The van der Waals surface area contributed by atoms with Crippen molar-refractivity contribution in [3.63, 3.8) is 0 Å². The summed E-state index contributed by atoms with van der Waals surface area (Å²) in [4.78, 5) is 20.5. The van der Waals surface area contributed by atoms with E-state index in [1.54, 1.807) is 13.0 Å². The van der Waals surface area contributed by atoms with E-state index >= 15 is 0 Å². The van der Waals surface area contributed by atoms with E-state index in [1.165, 1.54) is 6.92 Å². The first kappa shape index (κ1) is 20.0. The largest absolute Gasteiger partial charge is 0.300 e. The molecule has 0 heterocycles. The van der Waals surface area contributed by atoms with Crippen LogP contribution in [0.3, 0.4) is 0 Å². The summed E-state index contributed by atoms with van der Waals surface area (Å²) < 4.78 is 0. The average Bonchev–Trinajstić information content (AvgIpc) is 2.14. The normalized spacial score (nSPS) is 9.06. The van der Waals surface area contributed by atoms with Crippen LogP contribution >= 0.6 is 0 Å². The summed E-state index contributed by atoms with van der Waals surface area (Å²) in [7, 11) is 0. The molecule has 0 aliphatic carbocycles. The summed E-state index contributed by atoms with van der Waals surface area (Å²) in [6.45, 7) is 6.90. The van der Waals surface area contributed by atoms with Crippen LogP contribution in [-0.2, 0) is 9.59 Å². The molecule has 0 N–H and O–H groups in total. The molecule has 3 heteroatoms. The van der Waals surface area contributed by atoms with Gasteiger partial charge < -0.3 is 4.79 Å². The van der Waals surface area contributed by atoms with E-state index in [-0.39, 0.29) is 24.6 Å². The van der Waals surface area contributed by atoms with Crippen LogP contribution < -0.4 is 0 Å². The van der Waals surface area contributed by atoms with Crippen LogP contribution in [0.5, 0.6) is 0 Å². The van der Waals surface area contributed by atoms with Crippen molar-refractivity contribution in [2.75, 3.05) is 0 Å². The van der Waals surface area contributed by atoms with Crippen LogP contribution in [-0.4, -0.2) is 11.6 Å². The van der Waals surface area contributed by atoms with Gasteiger partial charge in [0.25, 0.3) is 0 Å². The summed E-state index contributed by atoms with van der Waals surface area (Å²) >= 11 is 0. The minimum atomic E-state index is -0.153. The number of ketones is 2. The second-order valence-electron chi connectivity index (χ2n) is 3.15. The molecule has 0 amide bonds. The number of hydrogen-bond acceptors (Lipinski definition) is 3. The van der Waals surface area contributed by atoms with Crippen LogP contribution in [0.2, 0.25) is 0 Å². The maximum absolute atomic E-state index is 10.5. The molecule has 0 fully saturated rings. The Labute approximate surface area is 99.2 Å². The zero-order valence-electron chi connectivity index (χ0n) is 9.96. The van der Waals surface area contributed by atoms with Gasteiger partial charge in [-0.05, 0) is 26.7 Å². The fraction of sp³-hybridized carbons (Fsp3) is 0.615. The van der Waals surface area contributed by atoms with Crippen LogP contribution in [0.15, 0.2) is 11.6 Å². The number of Topliss-reactive ketones (excluding diaryl/α,β-unsaturated/α-hetero) is 2. The Kier molecular flexibility index (Phi) is 17.0. The molecule has 92 valence electrons. The lowest BCUT2D eigenvalue weighted by molar-refractivity contribution is -0.117. The molecule has 0 rings (SSSR count). The number of nitrogens with zero attached hydrogens (tertiary/aromatic N) is 1. The van der Waals surface area contributed by atoms with Gasteiger partial charge in [0.1, 0.15) is 11.9 Å². The van der Waals surface area contributed by atoms with Gasteiger partial charge in [0.2, 0.25) is 0 Å². The van der Waals surface area contributed by atoms with Gasteiger partial charge in [0.05, 0.1) is 5.57 Å². The number of hydrogen-bond donors (Lipinski definition) is 0. The molecule has 3 nitrogen and oxygen atoms in total. The highest BCUT2D eigenvalue weighted by Gasteiger charge is 1.97. The first-order chi connectivity index (χ1) is 6.99. The SMILES string of the molecule is C.CC/C=C(\C#N)C(C)=O.CCCC(C)=O. The highest BCUT2D eigenvalue weighted by molar-refractivity contribution is 5.96. The van der Waals surface area contributed by atoms with Gasteiger partial charge in [-0.25, -0.2) is 0 Å². The maximum atomic E-state index is 10.5. The van der Waals surface area contributed by atoms with Crippen LogP contribution in [0.1, 0.15) is 54.4 Å². The summed E-state index contributed by atoms with van der Waals surface area (Å²) in [6.07, 6.45) is 4.08. The molecule has 0 saturated heterocycles. The van der Waals surface area contributed by atoms with Crippen molar-refractivity contribution in [2.45, 2.75) is 54.4 Å². The third-order valence-electron chi connectivity index (χ3n) is 1.51. The topological polar surface area (TPSA) is 57.9 Å². The molecule has 0 aromatic rings. The number of allylic oxidation sites excluding steroid dienone is 2. The minimum Gasteiger partial charge on any atom is -0.300 e. The molecule has 0 aliphatic rings. The Hall–Kier alpha value is -1.43. The third kappa shape index (κ3) is 15.1. The van der Waals surface area contributed by atoms with Gasteiger partial charge in [0.15, 0.2) is 5.78 Å². The maximum Gasteiger partial charge on any atom is 0.169 e. The molecule has 16 heavy (non-hydrogen) atoms. The predicted molar refractivity (Wildman–Crippen MR) is 67.0 cm³/mol. The van der Waals surface area contributed by atoms with Crippen molar-refractivity contribution in [3.8, 4) is 6.07 Å². The molecule has 0 aromatic heterocycles. The molecular weight excluding hydrogens is 202 g/mol. The van der Waals surface area contributed by atoms with Gasteiger partial charge in [-0.3, -0.25) is 4.79 Å². The second kappa shape index (κ2) is 13.6. The number of carbonyl (C=O) groups excluding carboxylic acids is 2. The molecule has 0 spiro atoms. The Bertz CT molecular complexity index is 272. The van der Waals surface area contributed by atoms with Crippen molar-refractivity contribution in [3.05, 3.63) is 11.6 Å². The van der Waals surface area contributed by atoms with Gasteiger partial charge >= 0.3 is 0 Å². The molecule has 0 aliphatic heterocycles. The summed E-state index contributed by atoms with van der Waals surface area (Å²) in [5.74, 6) is 0.136. The van der Waals surface area contributed by atoms with Gasteiger partial charge in [-0.15, -0.1) is 0 Å². The number of carbonyl (C=O) groups is 2. The lowest BCUT2D eigenvalue weighted by Gasteiger charge is -1.85. The van der Waals surface area contributed by atoms with Crippen molar-refractivity contribution < 1.29 is 9.59 Å². The van der Waals surface area contributed by atoms with Crippen molar-refractivity contribution in [2.24, 2.45) is 0 Å². The third-order valence-corrected chi connectivity index (χ3v) is 1.51. The first-order valence-electron chi connectivity index (χ1n) is 5.10. The van der Waals surface area contributed by atoms with Gasteiger partial charge in [-0.2, -0.15) is 5.26 Å². The summed E-state index contributed by atoms with van der Waals surface area (Å²) in [5.41, 5.74) is 0.262. The highest BCUT2D eigenvalue weighted by atomic mass is 16.1. The number of rotatable bonds is 4. The molecule has 0 unspecified atom stereocenters. The first-order valence-corrected chi connectivity index (χ1v) is 5.10. The van der Waals surface area contributed by atoms with E-state index < -0.39 is 0 Å². The van der Waals surface area contributed by atoms with Crippen molar-refractivity contribution >= 4 is 11.6 Å². The van der Waals surface area contributed by atoms with Gasteiger partial charge in [-0.1, -0.05) is 27.4 Å². The Balaban J connectivity index is -0.000000214. The van der Waals surface area contributed by atoms with Crippen molar-refractivity contribution in [1.29, 1.82) is 5.26 Å². The zero-order valence-corrected chi connectivity index (χ0v) is 9.96. The van der Waals surface area contributed by atoms with E-state index in [2.05, 4.69) is 0 Å². The molecule has 0 saturated carbocycles. The van der Waals surface area contributed by atoms with Crippen LogP contribution in [0.4, 0.5) is 0 Å². The predicted octanol–water partition coefficient (Wildman–Crippen LogP) is 3.45. The van der Waals surface area contributed by atoms with E-state index in [0.717, 1.165) is 19.3 Å². The lowest BCUT2D eigenvalue weighted by atomic mass is 10.2. The van der Waals surface area contributed by atoms with Crippen molar-refractivity contribution in [1.82, 2.24) is 0 Å². The lowest BCUT2D eigenvalue weighted by Crippen LogP contribution is -1.92. The summed E-state index contributed by atoms with van der Waals surface area (Å²) in [6, 6.07) is 1.81. The fourth-order valence-electron chi connectivity index (χ4n) is 0.824. The smallest absolute Gasteiger partial charge is 0.169 e. The van der Waals surface area contributed by atoms with Crippen LogP contribution in [0, 0.1) is 11.3 Å². The molecule has 0 atom stereocenters. The fourth-order valence-corrected chi connectivity index (χ4v) is 0.824. The summed E-state index contributed by atoms with van der Waals surface area (Å²) in [5, 5.41) is 8.29. The van der Waals surface area contributed by atoms with E-state index in [9.17, 15) is 9.59 Å². The standard InChI is InChI=1S/C7H9NO.C5H10O.CH4/c1-3-4-7(5-8)6(2)9;1-3-4-5(2)6;/h4H,3H2,1-2H3;3-4H2,1-2H3;1H4/b7-4+;;. The Morgan fingerprint density at radius 3 is 1.81 bits per heavy atom. The number of nitriles is 1. The van der Waals surface area contributed by atoms with Gasteiger partial charge in [0, 0.05) is 6.42 Å². The highest BCUT2D eigenvalue weighted by Crippen LogP contribution is 1.94. The Morgan fingerprint density at radius 2 is 1.75 bits per heavy atom. The minimum absolute atomic E-state index is 0. The second-order valence-corrected chi connectivity index (χ2v) is 3.15. The average molecular weight is 225 g/mol. The molecular formula is C13H23NO2. The zero-order chi connectivity index (χ0) is 12.3.